The van der Waals surface area contributed by atoms with Gasteiger partial charge in [0.2, 0.25) is 0 Å². The van der Waals surface area contributed by atoms with E-state index in [1.165, 1.54) is 62.0 Å². The van der Waals surface area contributed by atoms with Crippen LogP contribution in [0.15, 0.2) is 18.2 Å². The third kappa shape index (κ3) is 6.65. The van der Waals surface area contributed by atoms with Crippen molar-refractivity contribution in [3.05, 3.63) is 33.8 Å². The van der Waals surface area contributed by atoms with Gasteiger partial charge in [0.15, 0.2) is 0 Å². The molecule has 1 unspecified atom stereocenters. The fraction of sp³-hybridized carbons (Fsp3) is 0.714. The van der Waals surface area contributed by atoms with Gasteiger partial charge in [-0.3, -0.25) is 0 Å². The van der Waals surface area contributed by atoms with Crippen molar-refractivity contribution in [2.45, 2.75) is 64.2 Å². The summed E-state index contributed by atoms with van der Waals surface area (Å²) in [6.07, 6.45) is 9.07. The minimum atomic E-state index is 0.338. The van der Waals surface area contributed by atoms with Crippen molar-refractivity contribution < 1.29 is 0 Å². The van der Waals surface area contributed by atoms with Crippen molar-refractivity contribution in [3.63, 3.8) is 0 Å². The molecule has 1 aliphatic carbocycles. The Bertz CT molecular complexity index is 517. The van der Waals surface area contributed by atoms with Gasteiger partial charge in [0, 0.05) is 0 Å². The molecule has 1 aliphatic rings. The summed E-state index contributed by atoms with van der Waals surface area (Å²) in [6, 6.07) is 6.25. The van der Waals surface area contributed by atoms with Gasteiger partial charge < -0.3 is 5.32 Å². The average Bonchev–Trinajstić information content (AvgIpc) is 2.56. The minimum absolute atomic E-state index is 0.338. The van der Waals surface area contributed by atoms with Gasteiger partial charge in [-0.2, -0.15) is 11.8 Å². The quantitative estimate of drug-likeness (QED) is 0.380. The fourth-order valence-corrected chi connectivity index (χ4v) is 4.88. The Morgan fingerprint density at radius 1 is 1.16 bits per heavy atom. The lowest BCUT2D eigenvalue weighted by atomic mass is 9.60. The van der Waals surface area contributed by atoms with Crippen molar-refractivity contribution in [1.29, 1.82) is 0 Å². The number of hydrogen-bond donors (Lipinski definition) is 1. The van der Waals surface area contributed by atoms with Crippen LogP contribution in [-0.4, -0.2) is 24.6 Å². The second-order valence-electron chi connectivity index (χ2n) is 7.51. The van der Waals surface area contributed by atoms with Gasteiger partial charge in [0.05, 0.1) is 10.0 Å². The zero-order valence-electron chi connectivity index (χ0n) is 15.8. The monoisotopic (exact) mass is 401 g/mol. The number of thioether (sulfide) groups is 1. The van der Waals surface area contributed by atoms with Crippen LogP contribution < -0.4 is 5.32 Å². The molecule has 25 heavy (non-hydrogen) atoms. The first-order valence-electron chi connectivity index (χ1n) is 9.81. The Morgan fingerprint density at radius 2 is 1.96 bits per heavy atom. The molecule has 0 aliphatic heterocycles. The highest BCUT2D eigenvalue weighted by Gasteiger charge is 2.39. The molecule has 1 aromatic rings. The van der Waals surface area contributed by atoms with Crippen LogP contribution in [0.5, 0.6) is 0 Å². The van der Waals surface area contributed by atoms with Crippen molar-refractivity contribution in [1.82, 2.24) is 5.32 Å². The predicted octanol–water partition coefficient (Wildman–Crippen LogP) is 6.95. The van der Waals surface area contributed by atoms with E-state index in [0.717, 1.165) is 19.0 Å². The van der Waals surface area contributed by atoms with Gasteiger partial charge in [-0.05, 0) is 92.1 Å². The summed E-state index contributed by atoms with van der Waals surface area (Å²) in [5.74, 6) is 3.28. The smallest absolute Gasteiger partial charge is 0.0595 e. The molecular formula is C21H33Cl2NS. The zero-order chi connectivity index (χ0) is 18.1. The largest absolute Gasteiger partial charge is 0.317 e. The molecule has 0 spiro atoms. The molecule has 2 rings (SSSR count). The van der Waals surface area contributed by atoms with Crippen LogP contribution in [0.1, 0.15) is 64.4 Å². The van der Waals surface area contributed by atoms with Crippen molar-refractivity contribution >= 4 is 35.0 Å². The van der Waals surface area contributed by atoms with E-state index in [0.29, 0.717) is 15.5 Å². The second kappa shape index (κ2) is 11.1. The van der Waals surface area contributed by atoms with E-state index in [1.54, 1.807) is 0 Å². The SMILES string of the molecule is CCSCCCCNCCC(C)CC1(c2ccc(Cl)c(Cl)c2)CCC1. The van der Waals surface area contributed by atoms with Crippen LogP contribution in [0.3, 0.4) is 0 Å². The minimum Gasteiger partial charge on any atom is -0.317 e. The average molecular weight is 402 g/mol. The standard InChI is InChI=1S/C21H33Cl2NS/c1-3-25-14-5-4-12-24-13-9-17(2)16-21(10-6-11-21)18-7-8-19(22)20(23)15-18/h7-8,15,17,24H,3-6,9-14,16H2,1-2H3. The van der Waals surface area contributed by atoms with Crippen LogP contribution in [0.2, 0.25) is 10.0 Å². The highest BCUT2D eigenvalue weighted by atomic mass is 35.5. The highest BCUT2D eigenvalue weighted by Crippen LogP contribution is 2.49. The molecule has 1 N–H and O–H groups in total. The maximum Gasteiger partial charge on any atom is 0.0595 e. The van der Waals surface area contributed by atoms with E-state index in [4.69, 9.17) is 23.2 Å². The van der Waals surface area contributed by atoms with Gasteiger partial charge in [-0.15, -0.1) is 0 Å². The van der Waals surface area contributed by atoms with Gasteiger partial charge in [0.1, 0.15) is 0 Å². The van der Waals surface area contributed by atoms with Gasteiger partial charge in [0.25, 0.3) is 0 Å². The first kappa shape index (κ1) is 21.4. The lowest BCUT2D eigenvalue weighted by molar-refractivity contribution is 0.190. The van der Waals surface area contributed by atoms with E-state index < -0.39 is 0 Å². The Kier molecular flexibility index (Phi) is 9.48. The summed E-state index contributed by atoms with van der Waals surface area (Å²) in [5.41, 5.74) is 1.73. The lowest BCUT2D eigenvalue weighted by Crippen LogP contribution is -2.36. The molecule has 0 heterocycles. The molecule has 0 saturated heterocycles. The van der Waals surface area contributed by atoms with Crippen LogP contribution in [0, 0.1) is 5.92 Å². The number of unbranched alkanes of at least 4 members (excludes halogenated alkanes) is 1. The molecule has 1 aromatic carbocycles. The molecule has 142 valence electrons. The number of halogens is 2. The molecule has 4 heteroatoms. The van der Waals surface area contributed by atoms with E-state index in [2.05, 4.69) is 31.3 Å². The summed E-state index contributed by atoms with van der Waals surface area (Å²) < 4.78 is 0. The molecule has 0 aromatic heterocycles. The van der Waals surface area contributed by atoms with Crippen molar-refractivity contribution in [3.8, 4) is 0 Å². The number of nitrogens with one attached hydrogen (secondary N) is 1. The van der Waals surface area contributed by atoms with Crippen LogP contribution in [-0.2, 0) is 5.41 Å². The van der Waals surface area contributed by atoms with E-state index >= 15 is 0 Å². The molecule has 1 atom stereocenters. The summed E-state index contributed by atoms with van der Waals surface area (Å²) in [4.78, 5) is 0. The molecular weight excluding hydrogens is 369 g/mol. The Hall–Kier alpha value is 0.110. The summed E-state index contributed by atoms with van der Waals surface area (Å²) in [6.45, 7) is 6.93. The van der Waals surface area contributed by atoms with Gasteiger partial charge in [-0.25, -0.2) is 0 Å². The lowest BCUT2D eigenvalue weighted by Gasteiger charge is -2.44. The Balaban J connectivity index is 1.71. The first-order chi connectivity index (χ1) is 12.1. The summed E-state index contributed by atoms with van der Waals surface area (Å²) in [5, 5.41) is 4.98. The topological polar surface area (TPSA) is 12.0 Å². The van der Waals surface area contributed by atoms with Crippen molar-refractivity contribution in [2.24, 2.45) is 5.92 Å². The second-order valence-corrected chi connectivity index (χ2v) is 9.72. The highest BCUT2D eigenvalue weighted by molar-refractivity contribution is 7.99. The van der Waals surface area contributed by atoms with Crippen LogP contribution in [0.25, 0.3) is 0 Å². The van der Waals surface area contributed by atoms with Crippen LogP contribution in [0.4, 0.5) is 0 Å². The molecule has 0 bridgehead atoms. The molecule has 0 amide bonds. The zero-order valence-corrected chi connectivity index (χ0v) is 18.1. The van der Waals surface area contributed by atoms with E-state index in [9.17, 15) is 0 Å². The first-order valence-corrected chi connectivity index (χ1v) is 11.7. The number of rotatable bonds is 12. The summed E-state index contributed by atoms with van der Waals surface area (Å²) >= 11 is 14.4. The molecule has 0 radical (unpaired) electrons. The van der Waals surface area contributed by atoms with Gasteiger partial charge in [-0.1, -0.05) is 49.5 Å². The Labute approximate surface area is 168 Å². The molecule has 1 fully saturated rings. The number of benzene rings is 1. The normalized spacial score (nSPS) is 17.3. The predicted molar refractivity (Wildman–Crippen MR) is 115 cm³/mol. The van der Waals surface area contributed by atoms with E-state index in [1.807, 2.05) is 17.8 Å². The molecule has 1 saturated carbocycles. The Morgan fingerprint density at radius 3 is 2.60 bits per heavy atom. The van der Waals surface area contributed by atoms with Crippen molar-refractivity contribution in [2.75, 3.05) is 24.6 Å². The van der Waals surface area contributed by atoms with E-state index in [-0.39, 0.29) is 0 Å². The maximum atomic E-state index is 6.26. The fourth-order valence-electron chi connectivity index (χ4n) is 3.88. The summed E-state index contributed by atoms with van der Waals surface area (Å²) in [7, 11) is 0. The number of hydrogen-bond acceptors (Lipinski definition) is 2. The third-order valence-corrected chi connectivity index (χ3v) is 7.22. The van der Waals surface area contributed by atoms with Gasteiger partial charge >= 0.3 is 0 Å². The van der Waals surface area contributed by atoms with Crippen LogP contribution >= 0.6 is 35.0 Å². The molecule has 1 nitrogen and oxygen atoms in total. The maximum absolute atomic E-state index is 6.26. The third-order valence-electron chi connectivity index (χ3n) is 5.49.